The minimum absolute atomic E-state index is 0.202. The van der Waals surface area contributed by atoms with Crippen molar-refractivity contribution in [2.75, 3.05) is 26.1 Å². The molecule has 2 aromatic rings. The molecule has 1 N–H and O–H groups in total. The van der Waals surface area contributed by atoms with E-state index in [9.17, 15) is 14.4 Å². The Morgan fingerprint density at radius 2 is 1.94 bits per heavy atom. The predicted octanol–water partition coefficient (Wildman–Crippen LogP) is 4.19. The number of anilines is 1. The molecule has 8 heteroatoms. The van der Waals surface area contributed by atoms with Crippen LogP contribution in [0.1, 0.15) is 64.0 Å². The number of hydrogen-bond donors (Lipinski definition) is 1. The second kappa shape index (κ2) is 9.51. The van der Waals surface area contributed by atoms with Gasteiger partial charge in [0.05, 0.1) is 25.7 Å². The summed E-state index contributed by atoms with van der Waals surface area (Å²) in [4.78, 5) is 38.2. The zero-order chi connectivity index (χ0) is 22.7. The van der Waals surface area contributed by atoms with Gasteiger partial charge < -0.3 is 19.5 Å². The molecule has 1 amide bonds. The number of benzene rings is 1. The predicted molar refractivity (Wildman–Crippen MR) is 118 cm³/mol. The van der Waals surface area contributed by atoms with Gasteiger partial charge in [-0.3, -0.25) is 9.59 Å². The molecule has 1 aliphatic rings. The number of aryl methyl sites for hydroxylation is 2. The highest BCUT2D eigenvalue weighted by molar-refractivity contribution is 7.17. The van der Waals surface area contributed by atoms with Crippen LogP contribution in [0, 0.1) is 6.92 Å². The van der Waals surface area contributed by atoms with E-state index < -0.39 is 23.8 Å². The smallest absolute Gasteiger partial charge is 0.341 e. The molecule has 1 aromatic carbocycles. The van der Waals surface area contributed by atoms with Crippen LogP contribution in [0.25, 0.3) is 0 Å². The number of thiophene rings is 1. The first kappa shape index (κ1) is 22.8. The van der Waals surface area contributed by atoms with E-state index in [4.69, 9.17) is 14.2 Å². The SMILES string of the molecule is COC(=O)c1c(NC(=O)COc2cc(C)ccc2C(C)C)sc2c1C(C(=O)OC)CC2. The summed E-state index contributed by atoms with van der Waals surface area (Å²) in [7, 11) is 2.59. The van der Waals surface area contributed by atoms with Gasteiger partial charge in [0.1, 0.15) is 10.8 Å². The molecule has 166 valence electrons. The highest BCUT2D eigenvalue weighted by atomic mass is 32.1. The van der Waals surface area contributed by atoms with E-state index in [2.05, 4.69) is 19.2 Å². The maximum absolute atomic E-state index is 12.6. The van der Waals surface area contributed by atoms with E-state index in [1.807, 2.05) is 25.1 Å². The van der Waals surface area contributed by atoms with Crippen molar-refractivity contribution in [3.05, 3.63) is 45.3 Å². The fraction of sp³-hybridized carbons (Fsp3) is 0.435. The summed E-state index contributed by atoms with van der Waals surface area (Å²) in [5.74, 6) is -1.00. The summed E-state index contributed by atoms with van der Waals surface area (Å²) in [5.41, 5.74) is 2.88. The number of rotatable bonds is 7. The van der Waals surface area contributed by atoms with Gasteiger partial charge in [-0.25, -0.2) is 4.79 Å². The average Bonchev–Trinajstić information content (AvgIpc) is 3.29. The first-order valence-corrected chi connectivity index (χ1v) is 10.9. The van der Waals surface area contributed by atoms with Crippen molar-refractivity contribution in [3.8, 4) is 5.75 Å². The quantitative estimate of drug-likeness (QED) is 0.643. The molecule has 3 rings (SSSR count). The lowest BCUT2D eigenvalue weighted by molar-refractivity contribution is -0.142. The first-order chi connectivity index (χ1) is 14.8. The summed E-state index contributed by atoms with van der Waals surface area (Å²) < 4.78 is 15.6. The summed E-state index contributed by atoms with van der Waals surface area (Å²) in [5, 5.41) is 3.14. The zero-order valence-corrected chi connectivity index (χ0v) is 19.2. The maximum Gasteiger partial charge on any atom is 0.341 e. The van der Waals surface area contributed by atoms with Crippen LogP contribution < -0.4 is 10.1 Å². The minimum Gasteiger partial charge on any atom is -0.483 e. The van der Waals surface area contributed by atoms with Crippen LogP contribution in [-0.2, 0) is 25.5 Å². The summed E-state index contributed by atoms with van der Waals surface area (Å²) in [6.07, 6.45) is 1.21. The average molecular weight is 446 g/mol. The van der Waals surface area contributed by atoms with Crippen molar-refractivity contribution in [3.63, 3.8) is 0 Å². The molecule has 0 spiro atoms. The van der Waals surface area contributed by atoms with Gasteiger partial charge >= 0.3 is 11.9 Å². The normalized spacial score (nSPS) is 14.8. The van der Waals surface area contributed by atoms with Crippen LogP contribution in [0.3, 0.4) is 0 Å². The Bertz CT molecular complexity index is 1010. The molecule has 1 aliphatic carbocycles. The van der Waals surface area contributed by atoms with E-state index in [1.54, 1.807) is 0 Å². The van der Waals surface area contributed by atoms with Crippen LogP contribution in [0.2, 0.25) is 0 Å². The standard InChI is InChI=1S/C23H27NO6S/c1-12(2)14-7-6-13(3)10-16(14)30-11-18(25)24-21-20(23(27)29-5)19-15(22(26)28-4)8-9-17(19)31-21/h6-7,10,12,15H,8-9,11H2,1-5H3,(H,24,25). The van der Waals surface area contributed by atoms with Crippen LogP contribution in [-0.4, -0.2) is 38.7 Å². The van der Waals surface area contributed by atoms with Crippen molar-refractivity contribution in [1.82, 2.24) is 0 Å². The van der Waals surface area contributed by atoms with E-state index in [0.29, 0.717) is 29.2 Å². The molecular weight excluding hydrogens is 418 g/mol. The number of carbonyl (C=O) groups excluding carboxylic acids is 3. The molecule has 1 heterocycles. The molecule has 0 saturated carbocycles. The van der Waals surface area contributed by atoms with Gasteiger partial charge in [0, 0.05) is 4.88 Å². The fourth-order valence-corrected chi connectivity index (χ4v) is 5.07. The number of ether oxygens (including phenoxy) is 3. The second-order valence-electron chi connectivity index (χ2n) is 7.78. The highest BCUT2D eigenvalue weighted by Crippen LogP contribution is 2.45. The van der Waals surface area contributed by atoms with E-state index in [1.165, 1.54) is 25.6 Å². The molecule has 0 bridgehead atoms. The zero-order valence-electron chi connectivity index (χ0n) is 18.4. The Labute approximate surface area is 185 Å². The fourth-order valence-electron chi connectivity index (χ4n) is 3.79. The van der Waals surface area contributed by atoms with Gasteiger partial charge in [0.15, 0.2) is 6.61 Å². The summed E-state index contributed by atoms with van der Waals surface area (Å²) in [6.45, 7) is 5.88. The van der Waals surface area contributed by atoms with Crippen LogP contribution in [0.4, 0.5) is 5.00 Å². The number of amides is 1. The van der Waals surface area contributed by atoms with Gasteiger partial charge in [-0.2, -0.15) is 0 Å². The molecule has 1 aromatic heterocycles. The number of carbonyl (C=O) groups is 3. The van der Waals surface area contributed by atoms with Crippen molar-refractivity contribution < 1.29 is 28.6 Å². The number of fused-ring (bicyclic) bond motifs is 1. The third kappa shape index (κ3) is 4.74. The molecule has 31 heavy (non-hydrogen) atoms. The second-order valence-corrected chi connectivity index (χ2v) is 8.89. The Kier molecular flexibility index (Phi) is 7.00. The molecule has 1 atom stereocenters. The number of methoxy groups -OCH3 is 2. The third-order valence-electron chi connectivity index (χ3n) is 5.31. The lowest BCUT2D eigenvalue weighted by atomic mass is 9.99. The van der Waals surface area contributed by atoms with Crippen molar-refractivity contribution in [2.24, 2.45) is 0 Å². The molecule has 0 fully saturated rings. The molecule has 0 radical (unpaired) electrons. The van der Waals surface area contributed by atoms with Crippen molar-refractivity contribution in [1.29, 1.82) is 0 Å². The van der Waals surface area contributed by atoms with Gasteiger partial charge in [-0.1, -0.05) is 26.0 Å². The molecule has 1 unspecified atom stereocenters. The van der Waals surface area contributed by atoms with Crippen molar-refractivity contribution >= 4 is 34.2 Å². The summed E-state index contributed by atoms with van der Waals surface area (Å²) >= 11 is 1.29. The Hall–Kier alpha value is -2.87. The molecular formula is C23H27NO6S. The van der Waals surface area contributed by atoms with Gasteiger partial charge in [-0.05, 0) is 48.4 Å². The van der Waals surface area contributed by atoms with Gasteiger partial charge in [-0.15, -0.1) is 11.3 Å². The molecule has 7 nitrogen and oxygen atoms in total. The largest absolute Gasteiger partial charge is 0.483 e. The number of esters is 2. The lowest BCUT2D eigenvalue weighted by Crippen LogP contribution is -2.22. The number of nitrogens with one attached hydrogen (secondary N) is 1. The molecule has 0 saturated heterocycles. The number of hydrogen-bond acceptors (Lipinski definition) is 7. The minimum atomic E-state index is -0.592. The lowest BCUT2D eigenvalue weighted by Gasteiger charge is -2.15. The Morgan fingerprint density at radius 1 is 1.19 bits per heavy atom. The van der Waals surface area contributed by atoms with E-state index in [0.717, 1.165) is 16.0 Å². The first-order valence-electron chi connectivity index (χ1n) is 10.1. The summed E-state index contributed by atoms with van der Waals surface area (Å²) in [6, 6.07) is 5.91. The van der Waals surface area contributed by atoms with Crippen LogP contribution in [0.5, 0.6) is 5.75 Å². The third-order valence-corrected chi connectivity index (χ3v) is 6.49. The highest BCUT2D eigenvalue weighted by Gasteiger charge is 2.38. The Morgan fingerprint density at radius 3 is 2.58 bits per heavy atom. The van der Waals surface area contributed by atoms with E-state index in [-0.39, 0.29) is 18.1 Å². The van der Waals surface area contributed by atoms with Gasteiger partial charge in [0.2, 0.25) is 0 Å². The van der Waals surface area contributed by atoms with Gasteiger partial charge in [0.25, 0.3) is 5.91 Å². The van der Waals surface area contributed by atoms with Crippen LogP contribution >= 0.6 is 11.3 Å². The Balaban J connectivity index is 1.81. The van der Waals surface area contributed by atoms with E-state index >= 15 is 0 Å². The molecule has 0 aliphatic heterocycles. The van der Waals surface area contributed by atoms with Crippen LogP contribution in [0.15, 0.2) is 18.2 Å². The topological polar surface area (TPSA) is 90.9 Å². The monoisotopic (exact) mass is 445 g/mol. The maximum atomic E-state index is 12.6. The van der Waals surface area contributed by atoms with Crippen molar-refractivity contribution in [2.45, 2.75) is 45.4 Å².